The molecule has 1 unspecified atom stereocenters. The molecule has 0 fully saturated rings. The maximum atomic E-state index is 10.2. The number of aromatic hydroxyl groups is 4. The summed E-state index contributed by atoms with van der Waals surface area (Å²) in [6.07, 6.45) is 1.12. The molecule has 0 radical (unpaired) electrons. The fraction of sp³-hybridized carbons (Fsp3) is 0.172. The van der Waals surface area contributed by atoms with Crippen LogP contribution >= 0.6 is 46.4 Å². The molecule has 0 aromatic heterocycles. The second-order valence-corrected chi connectivity index (χ2v) is 10.9. The molecule has 37 heavy (non-hydrogen) atoms. The largest absolute Gasteiger partial charge is 0.508 e. The first-order valence-electron chi connectivity index (χ1n) is 11.4. The summed E-state index contributed by atoms with van der Waals surface area (Å²) in [6.45, 7) is 2.00. The molecule has 0 amide bonds. The number of phenols is 4. The van der Waals surface area contributed by atoms with E-state index in [1.54, 1.807) is 48.5 Å². The molecule has 0 aliphatic heterocycles. The van der Waals surface area contributed by atoms with Gasteiger partial charge in [0.1, 0.15) is 11.5 Å². The van der Waals surface area contributed by atoms with Crippen LogP contribution in [0.4, 0.5) is 0 Å². The van der Waals surface area contributed by atoms with Crippen molar-refractivity contribution in [1.82, 2.24) is 0 Å². The lowest BCUT2D eigenvalue weighted by molar-refractivity contribution is 0.444. The molecule has 4 rings (SSSR count). The van der Waals surface area contributed by atoms with Crippen molar-refractivity contribution in [3.8, 4) is 23.0 Å². The smallest absolute Gasteiger partial charge is 0.152 e. The van der Waals surface area contributed by atoms with E-state index in [0.717, 1.165) is 11.1 Å². The van der Waals surface area contributed by atoms with Gasteiger partial charge in [-0.2, -0.15) is 0 Å². The van der Waals surface area contributed by atoms with Gasteiger partial charge in [0.15, 0.2) is 11.5 Å². The van der Waals surface area contributed by atoms with Crippen LogP contribution in [0.15, 0.2) is 72.8 Å². The van der Waals surface area contributed by atoms with Crippen molar-refractivity contribution in [3.63, 3.8) is 0 Å². The predicted molar refractivity (Wildman–Crippen MR) is 150 cm³/mol. The Labute approximate surface area is 235 Å². The van der Waals surface area contributed by atoms with Gasteiger partial charge in [-0.05, 0) is 89.5 Å². The number of phenolic OH excluding ortho intramolecular Hbond substituents is 4. The van der Waals surface area contributed by atoms with Crippen LogP contribution in [0.3, 0.4) is 0 Å². The molecule has 0 spiro atoms. The standard InChI is InChI=1S/C29H24Cl4O4/c1-29(19-11-23(30)27(36)24(31)12-19,20-13-25(32)28(37)26(33)14-20)15-18(17-4-8-22(35)9-5-17)10-16-2-6-21(34)7-3-16/h2-9,11-14,18,34-37H,10,15H2,1H3. The van der Waals surface area contributed by atoms with E-state index in [1.165, 1.54) is 0 Å². The van der Waals surface area contributed by atoms with Gasteiger partial charge in [-0.1, -0.05) is 77.6 Å². The first kappa shape index (κ1) is 27.3. The lowest BCUT2D eigenvalue weighted by Gasteiger charge is -2.36. The van der Waals surface area contributed by atoms with Gasteiger partial charge in [-0.15, -0.1) is 0 Å². The number of rotatable bonds is 7. The highest BCUT2D eigenvalue weighted by atomic mass is 35.5. The van der Waals surface area contributed by atoms with Crippen molar-refractivity contribution in [2.24, 2.45) is 0 Å². The normalized spacial score (nSPS) is 12.5. The Morgan fingerprint density at radius 1 is 0.622 bits per heavy atom. The summed E-state index contributed by atoms with van der Waals surface area (Å²) < 4.78 is 0. The zero-order valence-corrected chi connectivity index (χ0v) is 22.7. The summed E-state index contributed by atoms with van der Waals surface area (Å²) in [4.78, 5) is 0. The Bertz CT molecular complexity index is 1320. The van der Waals surface area contributed by atoms with Crippen molar-refractivity contribution in [3.05, 3.63) is 115 Å². The third-order valence-corrected chi connectivity index (χ3v) is 7.90. The lowest BCUT2D eigenvalue weighted by atomic mass is 9.68. The molecule has 1 atom stereocenters. The second kappa shape index (κ2) is 10.9. The van der Waals surface area contributed by atoms with Crippen LogP contribution in [0.1, 0.15) is 41.5 Å². The molecule has 4 aromatic rings. The van der Waals surface area contributed by atoms with Gasteiger partial charge < -0.3 is 20.4 Å². The van der Waals surface area contributed by atoms with Crippen molar-refractivity contribution in [1.29, 1.82) is 0 Å². The Morgan fingerprint density at radius 3 is 1.41 bits per heavy atom. The zero-order valence-electron chi connectivity index (χ0n) is 19.7. The Hall–Kier alpha value is -2.76. The van der Waals surface area contributed by atoms with Crippen LogP contribution in [0.5, 0.6) is 23.0 Å². The van der Waals surface area contributed by atoms with Gasteiger partial charge in [0.2, 0.25) is 0 Å². The van der Waals surface area contributed by atoms with Crippen LogP contribution in [0.2, 0.25) is 20.1 Å². The molecule has 0 saturated heterocycles. The summed E-state index contributed by atoms with van der Waals surface area (Å²) in [5, 5.41) is 40.5. The van der Waals surface area contributed by atoms with Crippen molar-refractivity contribution < 1.29 is 20.4 Å². The first-order chi connectivity index (χ1) is 17.5. The molecule has 4 aromatic carbocycles. The molecule has 4 N–H and O–H groups in total. The summed E-state index contributed by atoms with van der Waals surface area (Å²) in [5.41, 5.74) is 2.62. The molecule has 0 bridgehead atoms. The van der Waals surface area contributed by atoms with Gasteiger partial charge in [0.05, 0.1) is 20.1 Å². The number of halogens is 4. The maximum absolute atomic E-state index is 10.2. The van der Waals surface area contributed by atoms with E-state index < -0.39 is 5.41 Å². The average molecular weight is 578 g/mol. The van der Waals surface area contributed by atoms with E-state index >= 15 is 0 Å². The Morgan fingerprint density at radius 2 is 1.00 bits per heavy atom. The van der Waals surface area contributed by atoms with Crippen LogP contribution < -0.4 is 0 Å². The van der Waals surface area contributed by atoms with E-state index in [-0.39, 0.29) is 49.0 Å². The molecule has 0 aliphatic rings. The summed E-state index contributed by atoms with van der Waals surface area (Å²) >= 11 is 25.4. The zero-order chi connectivity index (χ0) is 26.9. The molecular weight excluding hydrogens is 554 g/mol. The average Bonchev–Trinajstić information content (AvgIpc) is 2.86. The van der Waals surface area contributed by atoms with Crippen LogP contribution in [0, 0.1) is 0 Å². The molecule has 0 saturated carbocycles. The van der Waals surface area contributed by atoms with Gasteiger partial charge in [0, 0.05) is 5.41 Å². The van der Waals surface area contributed by atoms with Crippen LogP contribution in [-0.2, 0) is 11.8 Å². The minimum Gasteiger partial charge on any atom is -0.508 e. The monoisotopic (exact) mass is 576 g/mol. The number of hydrogen-bond donors (Lipinski definition) is 4. The second-order valence-electron chi connectivity index (χ2n) is 9.27. The molecule has 8 heteroatoms. The molecule has 0 heterocycles. The molecule has 0 aliphatic carbocycles. The first-order valence-corrected chi connectivity index (χ1v) is 12.9. The molecule has 192 valence electrons. The van der Waals surface area contributed by atoms with E-state index in [2.05, 4.69) is 0 Å². The third-order valence-electron chi connectivity index (χ3n) is 6.75. The van der Waals surface area contributed by atoms with Crippen molar-refractivity contribution in [2.75, 3.05) is 0 Å². The summed E-state index contributed by atoms with van der Waals surface area (Å²) in [5.74, 6) is -0.181. The van der Waals surface area contributed by atoms with Crippen LogP contribution in [-0.4, -0.2) is 20.4 Å². The minimum absolute atomic E-state index is 0.0900. The minimum atomic E-state index is -0.790. The number of benzene rings is 4. The highest BCUT2D eigenvalue weighted by Crippen LogP contribution is 2.48. The van der Waals surface area contributed by atoms with Crippen molar-refractivity contribution in [2.45, 2.75) is 31.1 Å². The van der Waals surface area contributed by atoms with Gasteiger partial charge >= 0.3 is 0 Å². The Balaban J connectivity index is 1.89. The summed E-state index contributed by atoms with van der Waals surface area (Å²) in [6, 6.07) is 20.7. The third kappa shape index (κ3) is 5.89. The highest BCUT2D eigenvalue weighted by Gasteiger charge is 2.35. The van der Waals surface area contributed by atoms with Crippen LogP contribution in [0.25, 0.3) is 0 Å². The summed E-state index contributed by atoms with van der Waals surface area (Å²) in [7, 11) is 0. The fourth-order valence-electron chi connectivity index (χ4n) is 4.63. The fourth-order valence-corrected chi connectivity index (χ4v) is 5.61. The SMILES string of the molecule is CC(CC(Cc1ccc(O)cc1)c1ccc(O)cc1)(c1cc(Cl)c(O)c(Cl)c1)c1cc(Cl)c(O)c(Cl)c1. The topological polar surface area (TPSA) is 80.9 Å². The highest BCUT2D eigenvalue weighted by molar-refractivity contribution is 6.37. The van der Waals surface area contributed by atoms with E-state index in [9.17, 15) is 20.4 Å². The van der Waals surface area contributed by atoms with Crippen molar-refractivity contribution >= 4 is 46.4 Å². The Kier molecular flexibility index (Phi) is 8.05. The predicted octanol–water partition coefficient (Wildman–Crippen LogP) is 8.85. The molecular formula is C29H24Cl4O4. The quantitative estimate of drug-likeness (QED) is 0.177. The van der Waals surface area contributed by atoms with E-state index in [1.807, 2.05) is 31.2 Å². The molecule has 4 nitrogen and oxygen atoms in total. The number of hydrogen-bond acceptors (Lipinski definition) is 4. The maximum Gasteiger partial charge on any atom is 0.152 e. The van der Waals surface area contributed by atoms with E-state index in [0.29, 0.717) is 24.0 Å². The van der Waals surface area contributed by atoms with Gasteiger partial charge in [0.25, 0.3) is 0 Å². The van der Waals surface area contributed by atoms with Gasteiger partial charge in [-0.25, -0.2) is 0 Å². The van der Waals surface area contributed by atoms with Gasteiger partial charge in [-0.3, -0.25) is 0 Å². The van der Waals surface area contributed by atoms with E-state index in [4.69, 9.17) is 46.4 Å². The lowest BCUT2D eigenvalue weighted by Crippen LogP contribution is -2.27.